The molecule has 0 spiro atoms. The maximum absolute atomic E-state index is 5.79. The van der Waals surface area contributed by atoms with E-state index in [1.54, 1.807) is 0 Å². The van der Waals surface area contributed by atoms with Crippen molar-refractivity contribution < 1.29 is 0 Å². The molecule has 0 aliphatic carbocycles. The molecule has 3 aliphatic heterocycles. The van der Waals surface area contributed by atoms with Crippen LogP contribution in [-0.4, -0.2) is 27.2 Å². The summed E-state index contributed by atoms with van der Waals surface area (Å²) in [5.41, 5.74) is 5.88. The average Bonchev–Trinajstić information content (AvgIpc) is 2.61. The standard InChI is InChI=1S/C19H18N2S2/c22-19-21-12-10-13-5-1-3-7-15(13)17(21)20-11-9-14-6-2-4-8-16(14)18(20)23-19/h1-8,17-18H,9-12H2/t17-,18+/m0/s1. The normalized spacial score (nSPS) is 26.1. The van der Waals surface area contributed by atoms with Gasteiger partial charge in [-0.3, -0.25) is 4.90 Å². The minimum absolute atomic E-state index is 0.312. The minimum Gasteiger partial charge on any atom is -0.337 e. The molecule has 4 heteroatoms. The molecule has 1 saturated heterocycles. The van der Waals surface area contributed by atoms with E-state index in [9.17, 15) is 0 Å². The summed E-state index contributed by atoms with van der Waals surface area (Å²) < 4.78 is 1.06. The molecule has 2 nitrogen and oxygen atoms in total. The summed E-state index contributed by atoms with van der Waals surface area (Å²) in [5, 5.41) is 0.361. The molecule has 0 bridgehead atoms. The molecule has 3 heterocycles. The van der Waals surface area contributed by atoms with Crippen molar-refractivity contribution >= 4 is 28.3 Å². The topological polar surface area (TPSA) is 6.48 Å². The van der Waals surface area contributed by atoms with E-state index in [4.69, 9.17) is 12.2 Å². The highest BCUT2D eigenvalue weighted by Gasteiger charge is 2.44. The van der Waals surface area contributed by atoms with Gasteiger partial charge in [-0.15, -0.1) is 0 Å². The molecular formula is C19H18N2S2. The largest absolute Gasteiger partial charge is 0.337 e. The van der Waals surface area contributed by atoms with Crippen LogP contribution >= 0.6 is 24.0 Å². The van der Waals surface area contributed by atoms with Crippen LogP contribution in [0.3, 0.4) is 0 Å². The summed E-state index contributed by atoms with van der Waals surface area (Å²) in [5.74, 6) is 0. The monoisotopic (exact) mass is 338 g/mol. The maximum Gasteiger partial charge on any atom is 0.139 e. The Morgan fingerprint density at radius 1 is 0.870 bits per heavy atom. The van der Waals surface area contributed by atoms with Crippen LogP contribution in [0, 0.1) is 0 Å². The number of fused-ring (bicyclic) bond motifs is 7. The Labute approximate surface area is 146 Å². The van der Waals surface area contributed by atoms with Gasteiger partial charge in [0.2, 0.25) is 0 Å². The fourth-order valence-electron chi connectivity index (χ4n) is 4.19. The molecule has 3 aliphatic rings. The van der Waals surface area contributed by atoms with Gasteiger partial charge in [-0.25, -0.2) is 0 Å². The number of hydrogen-bond donors (Lipinski definition) is 0. The first-order valence-electron chi connectivity index (χ1n) is 8.21. The lowest BCUT2D eigenvalue weighted by Gasteiger charge is -2.53. The van der Waals surface area contributed by atoms with Crippen LogP contribution in [0.25, 0.3) is 0 Å². The predicted molar refractivity (Wildman–Crippen MR) is 99.4 cm³/mol. The number of nitrogens with zero attached hydrogens (tertiary/aromatic N) is 2. The van der Waals surface area contributed by atoms with Crippen molar-refractivity contribution in [3.05, 3.63) is 70.8 Å². The van der Waals surface area contributed by atoms with Gasteiger partial charge in [0.15, 0.2) is 0 Å². The minimum atomic E-state index is 0.312. The molecule has 2 aromatic carbocycles. The lowest BCUT2D eigenvalue weighted by molar-refractivity contribution is 0.0638. The Kier molecular flexibility index (Phi) is 3.25. The smallest absolute Gasteiger partial charge is 0.139 e. The Morgan fingerprint density at radius 2 is 1.52 bits per heavy atom. The molecule has 5 rings (SSSR count). The van der Waals surface area contributed by atoms with E-state index in [-0.39, 0.29) is 0 Å². The fraction of sp³-hybridized carbons (Fsp3) is 0.316. The van der Waals surface area contributed by atoms with Gasteiger partial charge < -0.3 is 4.90 Å². The lowest BCUT2D eigenvalue weighted by Crippen LogP contribution is -2.53. The van der Waals surface area contributed by atoms with E-state index in [1.807, 2.05) is 11.8 Å². The molecule has 2 aromatic rings. The summed E-state index contributed by atoms with van der Waals surface area (Å²) in [6.07, 6.45) is 2.54. The Hall–Kier alpha value is -1.36. The molecule has 0 amide bonds. The second kappa shape index (κ2) is 5.33. The van der Waals surface area contributed by atoms with Crippen LogP contribution < -0.4 is 0 Å². The van der Waals surface area contributed by atoms with Crippen molar-refractivity contribution in [2.45, 2.75) is 24.4 Å². The molecule has 0 radical (unpaired) electrons. The van der Waals surface area contributed by atoms with E-state index in [1.165, 1.54) is 22.3 Å². The molecule has 0 unspecified atom stereocenters. The van der Waals surface area contributed by atoms with Gasteiger partial charge in [0.25, 0.3) is 0 Å². The van der Waals surface area contributed by atoms with Crippen LogP contribution in [0.5, 0.6) is 0 Å². The zero-order chi connectivity index (χ0) is 15.4. The zero-order valence-electron chi connectivity index (χ0n) is 12.8. The number of benzene rings is 2. The summed E-state index contributed by atoms with van der Waals surface area (Å²) in [6, 6.07) is 17.8. The number of thiocarbonyl (C=S) groups is 1. The number of thioether (sulfide) groups is 1. The van der Waals surface area contributed by atoms with E-state index in [0.717, 1.165) is 30.3 Å². The molecular weight excluding hydrogens is 320 g/mol. The first-order valence-corrected chi connectivity index (χ1v) is 9.50. The number of hydrogen-bond acceptors (Lipinski definition) is 3. The highest BCUT2D eigenvalue weighted by molar-refractivity contribution is 8.23. The van der Waals surface area contributed by atoms with Crippen LogP contribution in [0.2, 0.25) is 0 Å². The van der Waals surface area contributed by atoms with Gasteiger partial charge in [0.1, 0.15) is 10.5 Å². The molecule has 116 valence electrons. The van der Waals surface area contributed by atoms with E-state index in [2.05, 4.69) is 58.3 Å². The quantitative estimate of drug-likeness (QED) is 0.666. The second-order valence-electron chi connectivity index (χ2n) is 6.44. The second-order valence-corrected chi connectivity index (χ2v) is 8.15. The van der Waals surface area contributed by atoms with E-state index >= 15 is 0 Å². The van der Waals surface area contributed by atoms with Crippen molar-refractivity contribution in [3.8, 4) is 0 Å². The third kappa shape index (κ3) is 2.09. The molecule has 0 N–H and O–H groups in total. The van der Waals surface area contributed by atoms with Crippen molar-refractivity contribution in [1.82, 2.24) is 9.80 Å². The third-order valence-electron chi connectivity index (χ3n) is 5.27. The van der Waals surface area contributed by atoms with Gasteiger partial charge >= 0.3 is 0 Å². The molecule has 2 atom stereocenters. The summed E-state index contributed by atoms with van der Waals surface area (Å²) in [7, 11) is 0. The van der Waals surface area contributed by atoms with Gasteiger partial charge in [-0.05, 0) is 35.1 Å². The Morgan fingerprint density at radius 3 is 2.35 bits per heavy atom. The first-order chi connectivity index (χ1) is 11.3. The van der Waals surface area contributed by atoms with Gasteiger partial charge in [0.05, 0.1) is 5.37 Å². The van der Waals surface area contributed by atoms with Gasteiger partial charge in [0, 0.05) is 13.1 Å². The van der Waals surface area contributed by atoms with Crippen molar-refractivity contribution in [1.29, 1.82) is 0 Å². The Balaban J connectivity index is 1.64. The summed E-state index contributed by atoms with van der Waals surface area (Å²) >= 11 is 7.65. The highest BCUT2D eigenvalue weighted by Crippen LogP contribution is 2.50. The highest BCUT2D eigenvalue weighted by atomic mass is 32.2. The number of rotatable bonds is 0. The average molecular weight is 339 g/mol. The molecule has 0 saturated carbocycles. The van der Waals surface area contributed by atoms with Crippen LogP contribution in [0.1, 0.15) is 33.8 Å². The van der Waals surface area contributed by atoms with Gasteiger partial charge in [-0.1, -0.05) is 72.5 Å². The molecule has 0 aromatic heterocycles. The van der Waals surface area contributed by atoms with Crippen molar-refractivity contribution in [2.75, 3.05) is 13.1 Å². The van der Waals surface area contributed by atoms with E-state index in [0.29, 0.717) is 11.5 Å². The molecule has 23 heavy (non-hydrogen) atoms. The SMILES string of the molecule is S=C1S[C@@H]2c3ccccc3CCN2[C@@H]2c3ccccc3CCN12. The van der Waals surface area contributed by atoms with Crippen molar-refractivity contribution in [2.24, 2.45) is 0 Å². The van der Waals surface area contributed by atoms with Crippen LogP contribution in [0.15, 0.2) is 48.5 Å². The van der Waals surface area contributed by atoms with Crippen LogP contribution in [-0.2, 0) is 12.8 Å². The first kappa shape index (κ1) is 14.0. The van der Waals surface area contributed by atoms with Crippen LogP contribution in [0.4, 0.5) is 0 Å². The lowest BCUT2D eigenvalue weighted by atomic mass is 9.93. The summed E-state index contributed by atoms with van der Waals surface area (Å²) in [4.78, 5) is 5.09. The predicted octanol–water partition coefficient (Wildman–Crippen LogP) is 4.13. The Bertz CT molecular complexity index is 788. The van der Waals surface area contributed by atoms with Crippen molar-refractivity contribution in [3.63, 3.8) is 0 Å². The fourth-order valence-corrected chi connectivity index (χ4v) is 5.88. The van der Waals surface area contributed by atoms with Gasteiger partial charge in [-0.2, -0.15) is 0 Å². The maximum atomic E-state index is 5.79. The third-order valence-corrected chi connectivity index (χ3v) is 6.98. The zero-order valence-corrected chi connectivity index (χ0v) is 14.4. The molecule has 1 fully saturated rings. The summed E-state index contributed by atoms with van der Waals surface area (Å²) in [6.45, 7) is 2.14. The van der Waals surface area contributed by atoms with E-state index < -0.39 is 0 Å².